The smallest absolute Gasteiger partial charge is 0.352 e. The minimum atomic E-state index is -1.25. The topological polar surface area (TPSA) is 184 Å². The summed E-state index contributed by atoms with van der Waals surface area (Å²) in [5.74, 6) is -1.80. The number of aromatic nitrogens is 5. The van der Waals surface area contributed by atoms with E-state index in [1.54, 1.807) is 65.5 Å². The molecule has 2 aromatic heterocycles. The lowest BCUT2D eigenvalue weighted by atomic mass is 10.0. The molecular weight excluding hydrogens is 633 g/mol. The molecule has 46 heavy (non-hydrogen) atoms. The Balaban J connectivity index is 1.19. The van der Waals surface area contributed by atoms with Gasteiger partial charge in [-0.2, -0.15) is 0 Å². The summed E-state index contributed by atoms with van der Waals surface area (Å²) in [7, 11) is 0. The van der Waals surface area contributed by atoms with Crippen molar-refractivity contribution in [2.24, 2.45) is 0 Å². The van der Waals surface area contributed by atoms with E-state index in [0.717, 1.165) is 22.4 Å². The Bertz CT molecular complexity index is 1900. The van der Waals surface area contributed by atoms with E-state index < -0.39 is 47.0 Å². The monoisotopic (exact) mass is 662 g/mol. The first-order chi connectivity index (χ1) is 22.3. The van der Waals surface area contributed by atoms with Gasteiger partial charge in [0.15, 0.2) is 0 Å². The Morgan fingerprint density at radius 3 is 2.65 bits per heavy atom. The summed E-state index contributed by atoms with van der Waals surface area (Å²) in [6.07, 6.45) is 3.56. The molecule has 4 N–H and O–H groups in total. The van der Waals surface area contributed by atoms with Gasteiger partial charge >= 0.3 is 17.7 Å². The fourth-order valence-electron chi connectivity index (χ4n) is 5.41. The molecule has 2 unspecified atom stereocenters. The van der Waals surface area contributed by atoms with Gasteiger partial charge in [-0.3, -0.25) is 14.5 Å². The standard InChI is InChI=1S/C30H30N8O6S2/c1-2-3-13-36-21(14-31-35-36)45-15-18-16-46-27-23(26(40)38(27)24(18)28(41)42)33-25(39)22(17-9-5-4-6-10-17)34-30(44)37-20-12-8-7-11-19(20)32-29(37)43/h4-12,14,22-23,27H,2-3,13,15-16H2,1H3,(H,32,43)(H,33,39)(H,34,44)(H,41,42)/t22?,23?,27-/m0/s1. The van der Waals surface area contributed by atoms with Gasteiger partial charge in [0.1, 0.15) is 28.2 Å². The normalized spacial score (nSPS) is 18.2. The number of rotatable bonds is 11. The van der Waals surface area contributed by atoms with Gasteiger partial charge in [0, 0.05) is 18.1 Å². The van der Waals surface area contributed by atoms with E-state index in [2.05, 4.69) is 32.9 Å². The van der Waals surface area contributed by atoms with Gasteiger partial charge in [-0.25, -0.2) is 23.6 Å². The number of carbonyl (C=O) groups is 4. The number of nitrogens with one attached hydrogen (secondary N) is 3. The highest BCUT2D eigenvalue weighted by atomic mass is 32.2. The highest BCUT2D eigenvalue weighted by molar-refractivity contribution is 8.01. The van der Waals surface area contributed by atoms with Crippen molar-refractivity contribution >= 4 is 58.4 Å². The van der Waals surface area contributed by atoms with Gasteiger partial charge in [0.2, 0.25) is 5.91 Å². The molecule has 14 nitrogen and oxygen atoms in total. The maximum absolute atomic E-state index is 13.7. The zero-order chi connectivity index (χ0) is 32.4. The Kier molecular flexibility index (Phi) is 8.99. The van der Waals surface area contributed by atoms with E-state index in [0.29, 0.717) is 40.2 Å². The Hall–Kier alpha value is -4.83. The lowest BCUT2D eigenvalue weighted by molar-refractivity contribution is -0.151. The van der Waals surface area contributed by atoms with Crippen LogP contribution < -0.4 is 16.3 Å². The Morgan fingerprint density at radius 2 is 1.89 bits per heavy atom. The van der Waals surface area contributed by atoms with Gasteiger partial charge in [-0.1, -0.05) is 61.0 Å². The first kappa shape index (κ1) is 31.2. The van der Waals surface area contributed by atoms with E-state index in [1.807, 2.05) is 0 Å². The zero-order valence-corrected chi connectivity index (χ0v) is 26.2. The highest BCUT2D eigenvalue weighted by Crippen LogP contribution is 2.41. The number of amides is 3. The maximum Gasteiger partial charge on any atom is 0.352 e. The first-order valence-electron chi connectivity index (χ1n) is 14.6. The number of aryl methyl sites for hydroxylation is 1. The van der Waals surface area contributed by atoms with Crippen LogP contribution >= 0.6 is 23.5 Å². The molecule has 3 amide bonds. The molecule has 16 heteroatoms. The summed E-state index contributed by atoms with van der Waals surface area (Å²) in [6.45, 7) is 2.78. The van der Waals surface area contributed by atoms with E-state index >= 15 is 0 Å². The summed E-state index contributed by atoms with van der Waals surface area (Å²) in [5, 5.41) is 23.7. The minimum absolute atomic E-state index is 0.0917. The number of carboxylic acid groups (broad SMARTS) is 1. The predicted molar refractivity (Wildman–Crippen MR) is 171 cm³/mol. The average Bonchev–Trinajstić information content (AvgIpc) is 3.66. The molecule has 0 spiro atoms. The lowest BCUT2D eigenvalue weighted by Gasteiger charge is -2.49. The molecule has 2 aliphatic heterocycles. The predicted octanol–water partition coefficient (Wildman–Crippen LogP) is 2.55. The van der Waals surface area contributed by atoms with Crippen molar-refractivity contribution in [3.8, 4) is 0 Å². The summed E-state index contributed by atoms with van der Waals surface area (Å²) in [6, 6.07) is 12.0. The SMILES string of the molecule is CCCCn1nncc1SCC1=C(C(=O)O)N2C(=O)C(NC(=O)C(NC(=O)n3c(=O)[nH]c4ccccc43)c3ccccc3)[C@@H]2SC1. The van der Waals surface area contributed by atoms with Crippen molar-refractivity contribution in [3.63, 3.8) is 0 Å². The molecular formula is C30H30N8O6S2. The van der Waals surface area contributed by atoms with Crippen LogP contribution in [0.5, 0.6) is 0 Å². The number of fused-ring (bicyclic) bond motifs is 2. The number of aromatic amines is 1. The quantitative estimate of drug-likeness (QED) is 0.138. The average molecular weight is 663 g/mol. The largest absolute Gasteiger partial charge is 0.477 e. The third-order valence-corrected chi connectivity index (χ3v) is 10.1. The number of benzene rings is 2. The zero-order valence-electron chi connectivity index (χ0n) is 24.6. The van der Waals surface area contributed by atoms with Gasteiger partial charge in [-0.15, -0.1) is 28.6 Å². The number of thioether (sulfide) groups is 2. The fourth-order valence-corrected chi connectivity index (χ4v) is 7.84. The molecule has 6 rings (SSSR count). The molecule has 0 saturated carbocycles. The molecule has 238 valence electrons. The molecule has 4 heterocycles. The molecule has 1 fully saturated rings. The molecule has 3 atom stereocenters. The lowest BCUT2D eigenvalue weighted by Crippen LogP contribution is -2.71. The van der Waals surface area contributed by atoms with Crippen LogP contribution in [-0.4, -0.2) is 81.3 Å². The van der Waals surface area contributed by atoms with E-state index in [-0.39, 0.29) is 5.70 Å². The number of H-pyrrole nitrogens is 1. The van der Waals surface area contributed by atoms with Crippen molar-refractivity contribution in [3.05, 3.63) is 88.1 Å². The fraction of sp³-hybridized carbons (Fsp3) is 0.300. The number of hydrogen-bond donors (Lipinski definition) is 4. The summed E-state index contributed by atoms with van der Waals surface area (Å²) in [4.78, 5) is 69.3. The number of unbranched alkanes of at least 4 members (excludes halogenated alkanes) is 1. The molecule has 0 aliphatic carbocycles. The third-order valence-electron chi connectivity index (χ3n) is 7.70. The molecule has 0 bridgehead atoms. The summed E-state index contributed by atoms with van der Waals surface area (Å²) < 4.78 is 2.69. The molecule has 0 radical (unpaired) electrons. The maximum atomic E-state index is 13.7. The second kappa shape index (κ2) is 13.3. The van der Waals surface area contributed by atoms with Gasteiger partial charge in [-0.05, 0) is 29.7 Å². The van der Waals surface area contributed by atoms with Gasteiger partial charge in [0.05, 0.1) is 17.2 Å². The number of para-hydroxylation sites is 2. The van der Waals surface area contributed by atoms with Crippen LogP contribution in [0, 0.1) is 0 Å². The van der Waals surface area contributed by atoms with E-state index in [1.165, 1.54) is 28.4 Å². The third kappa shape index (κ3) is 5.92. The van der Waals surface area contributed by atoms with Crippen LogP contribution in [0.4, 0.5) is 4.79 Å². The number of carboxylic acids is 1. The van der Waals surface area contributed by atoms with Crippen LogP contribution in [0.25, 0.3) is 11.0 Å². The van der Waals surface area contributed by atoms with Crippen LogP contribution in [0.15, 0.2) is 81.9 Å². The first-order valence-corrected chi connectivity index (χ1v) is 16.6. The van der Waals surface area contributed by atoms with Crippen LogP contribution in [-0.2, 0) is 20.9 Å². The number of aliphatic carboxylic acids is 1. The molecule has 4 aromatic rings. The van der Waals surface area contributed by atoms with Crippen molar-refractivity contribution in [2.75, 3.05) is 11.5 Å². The Morgan fingerprint density at radius 1 is 1.13 bits per heavy atom. The number of imidazole rings is 1. The molecule has 2 aromatic carbocycles. The minimum Gasteiger partial charge on any atom is -0.477 e. The van der Waals surface area contributed by atoms with Crippen molar-refractivity contribution in [2.45, 2.75) is 48.8 Å². The summed E-state index contributed by atoms with van der Waals surface area (Å²) >= 11 is 2.76. The van der Waals surface area contributed by atoms with Crippen LogP contribution in [0.2, 0.25) is 0 Å². The second-order valence-electron chi connectivity index (χ2n) is 10.7. The molecule has 1 saturated heterocycles. The van der Waals surface area contributed by atoms with E-state index in [9.17, 15) is 29.1 Å². The second-order valence-corrected chi connectivity index (χ2v) is 12.8. The van der Waals surface area contributed by atoms with E-state index in [4.69, 9.17) is 0 Å². The number of carbonyl (C=O) groups excluding carboxylic acids is 3. The Labute approximate surface area is 270 Å². The van der Waals surface area contributed by atoms with Crippen LogP contribution in [0.3, 0.4) is 0 Å². The van der Waals surface area contributed by atoms with Crippen molar-refractivity contribution in [1.82, 2.24) is 40.1 Å². The van der Waals surface area contributed by atoms with Crippen LogP contribution in [0.1, 0.15) is 31.4 Å². The van der Waals surface area contributed by atoms with Crippen molar-refractivity contribution < 1.29 is 24.3 Å². The number of β-lactam (4-membered cyclic amide) rings is 1. The number of nitrogens with zero attached hydrogens (tertiary/aromatic N) is 5. The highest BCUT2D eigenvalue weighted by Gasteiger charge is 2.54. The summed E-state index contributed by atoms with van der Waals surface area (Å²) in [5.41, 5.74) is 1.04. The van der Waals surface area contributed by atoms with Crippen molar-refractivity contribution in [1.29, 1.82) is 0 Å². The number of hydrogen-bond acceptors (Lipinski definition) is 9. The molecule has 2 aliphatic rings. The van der Waals surface area contributed by atoms with Gasteiger partial charge in [0.25, 0.3) is 5.91 Å². The van der Waals surface area contributed by atoms with Gasteiger partial charge < -0.3 is 20.7 Å².